The molecule has 0 aromatic heterocycles. The van der Waals surface area contributed by atoms with Gasteiger partial charge in [0.25, 0.3) is 5.72 Å². The Balaban J connectivity index is 2.39. The quantitative estimate of drug-likeness (QED) is 0.705. The third-order valence-electron chi connectivity index (χ3n) is 4.60. The van der Waals surface area contributed by atoms with Crippen molar-refractivity contribution in [2.75, 3.05) is 20.2 Å². The lowest BCUT2D eigenvalue weighted by molar-refractivity contribution is -0.200. The van der Waals surface area contributed by atoms with Gasteiger partial charge in [0.15, 0.2) is 0 Å². The highest BCUT2D eigenvalue weighted by Gasteiger charge is 2.52. The molecule has 1 heterocycles. The van der Waals surface area contributed by atoms with Crippen LogP contribution in [0.5, 0.6) is 5.75 Å². The lowest BCUT2D eigenvalue weighted by Crippen LogP contribution is -2.63. The molecular formula is C21H31NO5. The van der Waals surface area contributed by atoms with E-state index in [1.807, 2.05) is 34.6 Å². The number of nitrogens with zero attached hydrogens (tertiary/aromatic N) is 1. The maximum atomic E-state index is 13.3. The van der Waals surface area contributed by atoms with E-state index >= 15 is 0 Å². The van der Waals surface area contributed by atoms with E-state index in [4.69, 9.17) is 14.2 Å². The molecule has 0 bridgehead atoms. The highest BCUT2D eigenvalue weighted by Crippen LogP contribution is 2.34. The molecule has 1 aliphatic heterocycles. The van der Waals surface area contributed by atoms with Crippen LogP contribution in [-0.4, -0.2) is 48.4 Å². The standard InChI is InChI=1S/C21H31NO5/c1-15(2)21(22-13-7-8-14-22,19(24)27-20(3,4)5)26-17-11-9-16(10-12-17)18(23)25-6/h9-12,15H,7-8,13-14H2,1-6H3. The fourth-order valence-electron chi connectivity index (χ4n) is 3.31. The van der Waals surface area contributed by atoms with Gasteiger partial charge in [0.1, 0.15) is 11.4 Å². The number of methoxy groups -OCH3 is 1. The summed E-state index contributed by atoms with van der Waals surface area (Å²) in [5.74, 6) is -0.424. The molecule has 2 rings (SSSR count). The van der Waals surface area contributed by atoms with Crippen LogP contribution in [-0.2, 0) is 14.3 Å². The van der Waals surface area contributed by atoms with Crippen LogP contribution in [0.25, 0.3) is 0 Å². The Morgan fingerprint density at radius 2 is 1.59 bits per heavy atom. The zero-order chi connectivity index (χ0) is 20.2. The van der Waals surface area contributed by atoms with Gasteiger partial charge in [-0.2, -0.15) is 0 Å². The van der Waals surface area contributed by atoms with E-state index in [0.29, 0.717) is 11.3 Å². The molecule has 27 heavy (non-hydrogen) atoms. The summed E-state index contributed by atoms with van der Waals surface area (Å²) >= 11 is 0. The normalized spacial score (nSPS) is 17.4. The number of carbonyl (C=O) groups excluding carboxylic acids is 2. The van der Waals surface area contributed by atoms with Crippen LogP contribution in [0.2, 0.25) is 0 Å². The van der Waals surface area contributed by atoms with Crippen molar-refractivity contribution in [2.45, 2.75) is 58.8 Å². The number of likely N-dealkylation sites (tertiary alicyclic amines) is 1. The lowest BCUT2D eigenvalue weighted by atomic mass is 9.96. The fraction of sp³-hybridized carbons (Fsp3) is 0.619. The molecule has 1 aromatic carbocycles. The molecule has 0 aliphatic carbocycles. The number of benzene rings is 1. The number of carbonyl (C=O) groups is 2. The smallest absolute Gasteiger partial charge is 0.367 e. The maximum Gasteiger partial charge on any atom is 0.367 e. The van der Waals surface area contributed by atoms with E-state index in [1.165, 1.54) is 7.11 Å². The summed E-state index contributed by atoms with van der Waals surface area (Å²) in [5, 5.41) is 0. The summed E-state index contributed by atoms with van der Waals surface area (Å²) in [4.78, 5) is 27.0. The van der Waals surface area contributed by atoms with Crippen molar-refractivity contribution >= 4 is 11.9 Å². The van der Waals surface area contributed by atoms with Crippen LogP contribution in [0, 0.1) is 5.92 Å². The van der Waals surface area contributed by atoms with Gasteiger partial charge in [-0.25, -0.2) is 9.59 Å². The van der Waals surface area contributed by atoms with E-state index in [-0.39, 0.29) is 11.9 Å². The van der Waals surface area contributed by atoms with Gasteiger partial charge in [-0.1, -0.05) is 13.8 Å². The van der Waals surface area contributed by atoms with E-state index < -0.39 is 17.3 Å². The largest absolute Gasteiger partial charge is 0.465 e. The van der Waals surface area contributed by atoms with E-state index in [9.17, 15) is 9.59 Å². The second-order valence-corrected chi connectivity index (χ2v) is 8.17. The third-order valence-corrected chi connectivity index (χ3v) is 4.60. The Bertz CT molecular complexity index is 656. The van der Waals surface area contributed by atoms with Crippen molar-refractivity contribution in [2.24, 2.45) is 5.92 Å². The summed E-state index contributed by atoms with van der Waals surface area (Å²) in [6.45, 7) is 11.0. The van der Waals surface area contributed by atoms with Crippen LogP contribution in [0.4, 0.5) is 0 Å². The minimum absolute atomic E-state index is 0.134. The predicted octanol–water partition coefficient (Wildman–Crippen LogP) is 3.64. The average molecular weight is 377 g/mol. The Labute approximate surface area is 161 Å². The monoisotopic (exact) mass is 377 g/mol. The zero-order valence-electron chi connectivity index (χ0n) is 17.2. The van der Waals surface area contributed by atoms with Crippen molar-refractivity contribution in [1.82, 2.24) is 4.90 Å². The molecule has 1 fully saturated rings. The first-order chi connectivity index (χ1) is 12.6. The molecule has 0 N–H and O–H groups in total. The zero-order valence-corrected chi connectivity index (χ0v) is 17.2. The van der Waals surface area contributed by atoms with Gasteiger partial charge < -0.3 is 14.2 Å². The van der Waals surface area contributed by atoms with E-state index in [0.717, 1.165) is 25.9 Å². The van der Waals surface area contributed by atoms with Gasteiger partial charge in [0.2, 0.25) is 0 Å². The molecule has 0 amide bonds. The van der Waals surface area contributed by atoms with Crippen LogP contribution in [0.3, 0.4) is 0 Å². The van der Waals surface area contributed by atoms with Crippen molar-refractivity contribution < 1.29 is 23.8 Å². The van der Waals surface area contributed by atoms with Crippen molar-refractivity contribution in [1.29, 1.82) is 0 Å². The Morgan fingerprint density at radius 1 is 1.04 bits per heavy atom. The van der Waals surface area contributed by atoms with Crippen LogP contribution >= 0.6 is 0 Å². The Kier molecular flexibility index (Phi) is 6.52. The van der Waals surface area contributed by atoms with Crippen LogP contribution in [0.15, 0.2) is 24.3 Å². The lowest BCUT2D eigenvalue weighted by Gasteiger charge is -2.43. The number of esters is 2. The van der Waals surface area contributed by atoms with Gasteiger partial charge in [-0.05, 0) is 57.9 Å². The van der Waals surface area contributed by atoms with Gasteiger partial charge in [-0.15, -0.1) is 0 Å². The summed E-state index contributed by atoms with van der Waals surface area (Å²) in [5.41, 5.74) is -1.40. The molecule has 1 unspecified atom stereocenters. The number of rotatable bonds is 6. The minimum atomic E-state index is -1.21. The van der Waals surface area contributed by atoms with Crippen molar-refractivity contribution in [3.63, 3.8) is 0 Å². The molecule has 6 heteroatoms. The molecule has 0 saturated carbocycles. The Morgan fingerprint density at radius 3 is 2.04 bits per heavy atom. The summed E-state index contributed by atoms with van der Waals surface area (Å²) in [7, 11) is 1.34. The molecule has 1 atom stereocenters. The summed E-state index contributed by atoms with van der Waals surface area (Å²) in [6, 6.07) is 6.63. The molecule has 1 aromatic rings. The van der Waals surface area contributed by atoms with Gasteiger partial charge in [0.05, 0.1) is 12.7 Å². The minimum Gasteiger partial charge on any atom is -0.465 e. The molecule has 150 valence electrons. The molecule has 1 saturated heterocycles. The van der Waals surface area contributed by atoms with Gasteiger partial charge >= 0.3 is 11.9 Å². The summed E-state index contributed by atoms with van der Waals surface area (Å²) < 4.78 is 16.8. The highest BCUT2D eigenvalue weighted by atomic mass is 16.6. The molecule has 6 nitrogen and oxygen atoms in total. The Hall–Kier alpha value is -2.08. The fourth-order valence-corrected chi connectivity index (χ4v) is 3.31. The molecule has 0 radical (unpaired) electrons. The molecule has 1 aliphatic rings. The molecular weight excluding hydrogens is 346 g/mol. The average Bonchev–Trinajstić information content (AvgIpc) is 3.12. The topological polar surface area (TPSA) is 65.1 Å². The summed E-state index contributed by atoms with van der Waals surface area (Å²) in [6.07, 6.45) is 2.03. The first-order valence-electron chi connectivity index (χ1n) is 9.46. The maximum absolute atomic E-state index is 13.3. The number of hydrogen-bond acceptors (Lipinski definition) is 6. The first kappa shape index (κ1) is 21.2. The molecule has 0 spiro atoms. The second-order valence-electron chi connectivity index (χ2n) is 8.17. The van der Waals surface area contributed by atoms with Crippen molar-refractivity contribution in [3.8, 4) is 5.75 Å². The number of hydrogen-bond donors (Lipinski definition) is 0. The third kappa shape index (κ3) is 4.80. The predicted molar refractivity (Wildman–Crippen MR) is 103 cm³/mol. The van der Waals surface area contributed by atoms with Crippen molar-refractivity contribution in [3.05, 3.63) is 29.8 Å². The number of ether oxygens (including phenoxy) is 3. The van der Waals surface area contributed by atoms with Crippen LogP contribution in [0.1, 0.15) is 57.8 Å². The highest BCUT2D eigenvalue weighted by molar-refractivity contribution is 5.89. The van der Waals surface area contributed by atoms with Crippen LogP contribution < -0.4 is 4.74 Å². The SMILES string of the molecule is COC(=O)c1ccc(OC(C(=O)OC(C)(C)C)(C(C)C)N2CCCC2)cc1. The van der Waals surface area contributed by atoms with E-state index in [2.05, 4.69) is 4.90 Å². The first-order valence-corrected chi connectivity index (χ1v) is 9.46. The second kappa shape index (κ2) is 8.30. The van der Waals surface area contributed by atoms with Gasteiger partial charge in [-0.3, -0.25) is 4.90 Å². The van der Waals surface area contributed by atoms with Gasteiger partial charge in [0, 0.05) is 19.0 Å². The van der Waals surface area contributed by atoms with E-state index in [1.54, 1.807) is 24.3 Å².